The van der Waals surface area contributed by atoms with E-state index < -0.39 is 0 Å². The first-order valence-corrected chi connectivity index (χ1v) is 9.93. The summed E-state index contributed by atoms with van der Waals surface area (Å²) >= 11 is 0. The largest absolute Gasteiger partial charge is 0.489 e. The van der Waals surface area contributed by atoms with E-state index in [-0.39, 0.29) is 24.3 Å². The Morgan fingerprint density at radius 3 is 2.52 bits per heavy atom. The maximum atomic E-state index is 12.7. The van der Waals surface area contributed by atoms with Crippen molar-refractivity contribution >= 4 is 22.7 Å². The average Bonchev–Trinajstić information content (AvgIpc) is 3.15. The van der Waals surface area contributed by atoms with Gasteiger partial charge in [0.25, 0.3) is 0 Å². The lowest BCUT2D eigenvalue weighted by atomic mass is 9.96. The Kier molecular flexibility index (Phi) is 5.51. The highest BCUT2D eigenvalue weighted by molar-refractivity contribution is 5.84. The van der Waals surface area contributed by atoms with Gasteiger partial charge in [-0.3, -0.25) is 9.59 Å². The lowest BCUT2D eigenvalue weighted by Crippen LogP contribution is -2.42. The molecule has 1 saturated heterocycles. The molecule has 1 aliphatic heterocycles. The monoisotopic (exact) mass is 391 g/mol. The van der Waals surface area contributed by atoms with E-state index in [1.807, 2.05) is 70.3 Å². The van der Waals surface area contributed by atoms with Crippen LogP contribution in [0.25, 0.3) is 10.9 Å². The molecular formula is C23H25N3O3. The third kappa shape index (κ3) is 4.42. The molecule has 0 radical (unpaired) electrons. The highest BCUT2D eigenvalue weighted by atomic mass is 16.5. The Bertz CT molecular complexity index is 1000. The predicted molar refractivity (Wildman–Crippen MR) is 111 cm³/mol. The molecule has 150 valence electrons. The maximum Gasteiger partial charge on any atom is 0.242 e. The standard InChI is InChI=1S/C23H25N3O3/c24-23(28)18-8-11-25(12-9-18)22(27)15-26-13-10-19-14-20(6-7-21(19)26)29-16-17-4-2-1-3-5-17/h1-7,10,13-14,18H,8-9,11-12,15-16H2,(H2,24,28). The van der Waals surface area contributed by atoms with Crippen LogP contribution in [-0.2, 0) is 22.7 Å². The minimum atomic E-state index is -0.265. The van der Waals surface area contributed by atoms with E-state index in [4.69, 9.17) is 10.5 Å². The second-order valence-corrected chi connectivity index (χ2v) is 7.50. The van der Waals surface area contributed by atoms with E-state index >= 15 is 0 Å². The van der Waals surface area contributed by atoms with Crippen LogP contribution in [0.15, 0.2) is 60.8 Å². The number of amides is 2. The third-order valence-corrected chi connectivity index (χ3v) is 5.55. The minimum absolute atomic E-state index is 0.0647. The molecule has 2 heterocycles. The summed E-state index contributed by atoms with van der Waals surface area (Å²) < 4.78 is 7.85. The molecule has 0 aliphatic carbocycles. The molecule has 2 N–H and O–H groups in total. The fourth-order valence-corrected chi connectivity index (χ4v) is 3.81. The topological polar surface area (TPSA) is 77.6 Å². The molecule has 1 aromatic heterocycles. The lowest BCUT2D eigenvalue weighted by Gasteiger charge is -2.30. The van der Waals surface area contributed by atoms with E-state index in [9.17, 15) is 9.59 Å². The summed E-state index contributed by atoms with van der Waals surface area (Å²) in [5.74, 6) is 0.494. The number of hydrogen-bond donors (Lipinski definition) is 1. The van der Waals surface area contributed by atoms with Gasteiger partial charge in [0.15, 0.2) is 0 Å². The zero-order valence-electron chi connectivity index (χ0n) is 16.3. The van der Waals surface area contributed by atoms with Gasteiger partial charge in [0.1, 0.15) is 18.9 Å². The first-order chi connectivity index (χ1) is 14.1. The number of benzene rings is 2. The van der Waals surface area contributed by atoms with Crippen LogP contribution in [0.2, 0.25) is 0 Å². The first kappa shape index (κ1) is 19.1. The quantitative estimate of drug-likeness (QED) is 0.702. The SMILES string of the molecule is NC(=O)C1CCN(C(=O)Cn2ccc3cc(OCc4ccccc4)ccc32)CC1. The van der Waals surface area contributed by atoms with E-state index in [1.54, 1.807) is 0 Å². The summed E-state index contributed by atoms with van der Waals surface area (Å²) in [5, 5.41) is 1.04. The van der Waals surface area contributed by atoms with Gasteiger partial charge in [0.2, 0.25) is 11.8 Å². The molecule has 0 saturated carbocycles. The molecule has 6 nitrogen and oxygen atoms in total. The van der Waals surface area contributed by atoms with Crippen molar-refractivity contribution in [1.29, 1.82) is 0 Å². The molecule has 0 spiro atoms. The number of likely N-dealkylation sites (tertiary alicyclic amines) is 1. The van der Waals surface area contributed by atoms with Crippen molar-refractivity contribution in [3.63, 3.8) is 0 Å². The van der Waals surface area contributed by atoms with Crippen molar-refractivity contribution < 1.29 is 14.3 Å². The Labute approximate surface area is 169 Å². The predicted octanol–water partition coefficient (Wildman–Crippen LogP) is 2.94. The number of rotatable bonds is 6. The van der Waals surface area contributed by atoms with Gasteiger partial charge in [-0.05, 0) is 42.7 Å². The molecule has 1 fully saturated rings. The van der Waals surface area contributed by atoms with Gasteiger partial charge < -0.3 is 19.9 Å². The Morgan fingerprint density at radius 2 is 1.79 bits per heavy atom. The van der Waals surface area contributed by atoms with Crippen molar-refractivity contribution in [2.45, 2.75) is 26.0 Å². The van der Waals surface area contributed by atoms with Gasteiger partial charge in [-0.15, -0.1) is 0 Å². The smallest absolute Gasteiger partial charge is 0.242 e. The first-order valence-electron chi connectivity index (χ1n) is 9.93. The number of hydrogen-bond acceptors (Lipinski definition) is 3. The van der Waals surface area contributed by atoms with Gasteiger partial charge in [-0.25, -0.2) is 0 Å². The molecule has 4 rings (SSSR count). The van der Waals surface area contributed by atoms with Crippen LogP contribution in [0.5, 0.6) is 5.75 Å². The van der Waals surface area contributed by atoms with Crippen LogP contribution in [0.3, 0.4) is 0 Å². The molecule has 1 aliphatic rings. The second-order valence-electron chi connectivity index (χ2n) is 7.50. The number of aromatic nitrogens is 1. The summed E-state index contributed by atoms with van der Waals surface area (Å²) in [5.41, 5.74) is 7.49. The normalized spacial score (nSPS) is 14.8. The molecule has 0 atom stereocenters. The van der Waals surface area contributed by atoms with E-state index in [1.165, 1.54) is 0 Å². The molecule has 2 amide bonds. The average molecular weight is 391 g/mol. The summed E-state index contributed by atoms with van der Waals surface area (Å²) in [7, 11) is 0. The number of piperidine rings is 1. The van der Waals surface area contributed by atoms with Crippen LogP contribution in [0, 0.1) is 5.92 Å². The van der Waals surface area contributed by atoms with Crippen LogP contribution in [0.1, 0.15) is 18.4 Å². The third-order valence-electron chi connectivity index (χ3n) is 5.55. The van der Waals surface area contributed by atoms with Crippen LogP contribution in [0.4, 0.5) is 0 Å². The van der Waals surface area contributed by atoms with Crippen molar-refractivity contribution in [2.75, 3.05) is 13.1 Å². The van der Waals surface area contributed by atoms with E-state index in [0.29, 0.717) is 32.5 Å². The highest BCUT2D eigenvalue weighted by Gasteiger charge is 2.26. The second kappa shape index (κ2) is 8.39. The molecular weight excluding hydrogens is 366 g/mol. The van der Waals surface area contributed by atoms with Gasteiger partial charge >= 0.3 is 0 Å². The number of carbonyl (C=O) groups is 2. The summed E-state index contributed by atoms with van der Waals surface area (Å²) in [6, 6.07) is 18.0. The Morgan fingerprint density at radius 1 is 1.03 bits per heavy atom. The van der Waals surface area contributed by atoms with Gasteiger partial charge in [0, 0.05) is 36.1 Å². The number of fused-ring (bicyclic) bond motifs is 1. The molecule has 3 aromatic rings. The molecule has 29 heavy (non-hydrogen) atoms. The summed E-state index contributed by atoms with van der Waals surface area (Å²) in [6.45, 7) is 1.98. The molecule has 0 bridgehead atoms. The van der Waals surface area contributed by atoms with Crippen molar-refractivity contribution in [2.24, 2.45) is 11.7 Å². The van der Waals surface area contributed by atoms with Crippen LogP contribution >= 0.6 is 0 Å². The highest BCUT2D eigenvalue weighted by Crippen LogP contribution is 2.24. The van der Waals surface area contributed by atoms with Crippen LogP contribution < -0.4 is 10.5 Å². The zero-order chi connectivity index (χ0) is 20.2. The number of primary amides is 1. The Balaban J connectivity index is 1.39. The Hall–Kier alpha value is -3.28. The maximum absolute atomic E-state index is 12.7. The number of ether oxygens (including phenoxy) is 1. The summed E-state index contributed by atoms with van der Waals surface area (Å²) in [4.78, 5) is 25.8. The molecule has 6 heteroatoms. The zero-order valence-corrected chi connectivity index (χ0v) is 16.3. The van der Waals surface area contributed by atoms with Crippen molar-refractivity contribution in [3.05, 3.63) is 66.4 Å². The van der Waals surface area contributed by atoms with Crippen molar-refractivity contribution in [1.82, 2.24) is 9.47 Å². The minimum Gasteiger partial charge on any atom is -0.489 e. The van der Waals surface area contributed by atoms with Crippen molar-refractivity contribution in [3.8, 4) is 5.75 Å². The van der Waals surface area contributed by atoms with Gasteiger partial charge in [0.05, 0.1) is 0 Å². The molecule has 2 aromatic carbocycles. The van der Waals surface area contributed by atoms with Gasteiger partial charge in [-0.2, -0.15) is 0 Å². The molecule has 0 unspecified atom stereocenters. The van der Waals surface area contributed by atoms with E-state index in [2.05, 4.69) is 0 Å². The van der Waals surface area contributed by atoms with Gasteiger partial charge in [-0.1, -0.05) is 30.3 Å². The number of carbonyl (C=O) groups excluding carboxylic acids is 2. The fraction of sp³-hybridized carbons (Fsp3) is 0.304. The van der Waals surface area contributed by atoms with E-state index in [0.717, 1.165) is 22.2 Å². The number of nitrogens with zero attached hydrogens (tertiary/aromatic N) is 2. The van der Waals surface area contributed by atoms with Crippen LogP contribution in [-0.4, -0.2) is 34.4 Å². The lowest BCUT2D eigenvalue weighted by molar-refractivity contribution is -0.135. The fourth-order valence-electron chi connectivity index (χ4n) is 3.81. The summed E-state index contributed by atoms with van der Waals surface area (Å²) in [6.07, 6.45) is 3.23. The number of nitrogens with two attached hydrogens (primary N) is 1.